The van der Waals surface area contributed by atoms with Crippen LogP contribution in [0.15, 0.2) is 34.9 Å². The van der Waals surface area contributed by atoms with E-state index < -0.39 is 34.0 Å². The molecule has 19 heavy (non-hydrogen) atoms. The van der Waals surface area contributed by atoms with Gasteiger partial charge in [-0.15, -0.1) is 0 Å². The summed E-state index contributed by atoms with van der Waals surface area (Å²) in [6.07, 6.45) is 1.44. The molecule has 0 radical (unpaired) electrons. The van der Waals surface area contributed by atoms with E-state index in [1.54, 1.807) is 19.1 Å². The van der Waals surface area contributed by atoms with Gasteiger partial charge in [0.1, 0.15) is 11.4 Å². The molecule has 0 saturated carbocycles. The summed E-state index contributed by atoms with van der Waals surface area (Å²) < 4.78 is 32.4. The number of halogens is 2. The van der Waals surface area contributed by atoms with Crippen LogP contribution in [0.1, 0.15) is 18.7 Å². The van der Waals surface area contributed by atoms with Gasteiger partial charge in [-0.1, -0.05) is 0 Å². The van der Waals surface area contributed by atoms with Crippen molar-refractivity contribution in [2.24, 2.45) is 0 Å². The summed E-state index contributed by atoms with van der Waals surface area (Å²) in [5.74, 6) is -1.55. The predicted molar refractivity (Wildman–Crippen MR) is 63.8 cm³/mol. The van der Waals surface area contributed by atoms with Crippen molar-refractivity contribution in [3.05, 3.63) is 58.0 Å². The Balaban J connectivity index is 2.28. The number of anilines is 1. The number of benzene rings is 1. The van der Waals surface area contributed by atoms with Gasteiger partial charge in [0.05, 0.1) is 29.4 Å². The molecule has 1 atom stereocenters. The van der Waals surface area contributed by atoms with Gasteiger partial charge < -0.3 is 9.73 Å². The van der Waals surface area contributed by atoms with Crippen LogP contribution in [-0.4, -0.2) is 4.92 Å². The van der Waals surface area contributed by atoms with E-state index in [-0.39, 0.29) is 0 Å². The summed E-state index contributed by atoms with van der Waals surface area (Å²) in [5.41, 5.74) is -1.05. The molecule has 5 nitrogen and oxygen atoms in total. The number of nitro benzene ring substituents is 1. The lowest BCUT2D eigenvalue weighted by Crippen LogP contribution is -2.09. The Kier molecular flexibility index (Phi) is 3.46. The Hall–Kier alpha value is -2.44. The number of hydrogen-bond acceptors (Lipinski definition) is 4. The van der Waals surface area contributed by atoms with Gasteiger partial charge >= 0.3 is 0 Å². The van der Waals surface area contributed by atoms with Gasteiger partial charge in [0.15, 0.2) is 11.6 Å². The third kappa shape index (κ3) is 2.70. The minimum Gasteiger partial charge on any atom is -0.467 e. The van der Waals surface area contributed by atoms with Gasteiger partial charge in [-0.05, 0) is 19.1 Å². The van der Waals surface area contributed by atoms with Gasteiger partial charge in [-0.3, -0.25) is 10.1 Å². The van der Waals surface area contributed by atoms with E-state index in [1.807, 2.05) is 0 Å². The van der Waals surface area contributed by atoms with Crippen molar-refractivity contribution in [3.63, 3.8) is 0 Å². The van der Waals surface area contributed by atoms with Crippen LogP contribution in [0.4, 0.5) is 20.2 Å². The lowest BCUT2D eigenvalue weighted by Gasteiger charge is -2.14. The average Bonchev–Trinajstić information content (AvgIpc) is 2.86. The zero-order chi connectivity index (χ0) is 14.0. The summed E-state index contributed by atoms with van der Waals surface area (Å²) in [6.45, 7) is 1.65. The molecule has 0 aliphatic carbocycles. The molecular weight excluding hydrogens is 258 g/mol. The zero-order valence-electron chi connectivity index (χ0n) is 9.89. The van der Waals surface area contributed by atoms with E-state index in [2.05, 4.69) is 5.32 Å². The maximum atomic E-state index is 13.6. The molecule has 1 aromatic heterocycles. The number of non-ortho nitro benzene ring substituents is 1. The first-order valence-corrected chi connectivity index (χ1v) is 5.42. The molecule has 0 aliphatic rings. The number of furan rings is 1. The van der Waals surface area contributed by atoms with E-state index in [0.29, 0.717) is 17.9 Å². The molecule has 0 amide bonds. The minimum atomic E-state index is -1.02. The van der Waals surface area contributed by atoms with Gasteiger partial charge in [-0.25, -0.2) is 8.78 Å². The van der Waals surface area contributed by atoms with Gasteiger partial charge in [-0.2, -0.15) is 0 Å². The van der Waals surface area contributed by atoms with Crippen LogP contribution in [0.3, 0.4) is 0 Å². The highest BCUT2D eigenvalue weighted by atomic mass is 19.1. The molecule has 7 heteroatoms. The van der Waals surface area contributed by atoms with E-state index >= 15 is 0 Å². The topological polar surface area (TPSA) is 68.3 Å². The molecule has 0 spiro atoms. The molecule has 1 heterocycles. The molecule has 0 fully saturated rings. The van der Waals surface area contributed by atoms with E-state index in [9.17, 15) is 18.9 Å². The summed E-state index contributed by atoms with van der Waals surface area (Å²) in [7, 11) is 0. The first-order chi connectivity index (χ1) is 8.99. The van der Waals surface area contributed by atoms with Crippen LogP contribution in [0.2, 0.25) is 0 Å². The number of nitrogens with one attached hydrogen (secondary N) is 1. The summed E-state index contributed by atoms with van der Waals surface area (Å²) in [5, 5.41) is 13.0. The number of nitro groups is 1. The third-order valence-electron chi connectivity index (χ3n) is 2.57. The highest BCUT2D eigenvalue weighted by Gasteiger charge is 2.19. The van der Waals surface area contributed by atoms with Crippen LogP contribution in [0.25, 0.3) is 0 Å². The highest BCUT2D eigenvalue weighted by molar-refractivity contribution is 5.52. The Bertz CT molecular complexity index is 576. The van der Waals surface area contributed by atoms with Crippen molar-refractivity contribution in [2.75, 3.05) is 5.32 Å². The Morgan fingerprint density at radius 3 is 2.47 bits per heavy atom. The van der Waals surface area contributed by atoms with Crippen LogP contribution in [0, 0.1) is 21.7 Å². The molecular formula is C12H10F2N2O3. The predicted octanol–water partition coefficient (Wildman–Crippen LogP) is 3.64. The van der Waals surface area contributed by atoms with Gasteiger partial charge in [0.25, 0.3) is 5.69 Å². The number of hydrogen-bond donors (Lipinski definition) is 1. The second-order valence-electron chi connectivity index (χ2n) is 3.92. The fourth-order valence-corrected chi connectivity index (χ4v) is 1.63. The molecule has 2 rings (SSSR count). The molecule has 0 bridgehead atoms. The first-order valence-electron chi connectivity index (χ1n) is 5.42. The van der Waals surface area contributed by atoms with E-state index in [1.165, 1.54) is 6.26 Å². The van der Waals surface area contributed by atoms with Crippen molar-refractivity contribution in [2.45, 2.75) is 13.0 Å². The molecule has 2 aromatic rings. The fourth-order valence-electron chi connectivity index (χ4n) is 1.63. The standard InChI is InChI=1S/C12H10F2N2O3/c1-7(11-3-2-4-19-11)15-12-9(13)5-8(16(17)18)6-10(12)14/h2-7,15H,1H3. The lowest BCUT2D eigenvalue weighted by molar-refractivity contribution is -0.385. The van der Waals surface area contributed by atoms with Crippen LogP contribution >= 0.6 is 0 Å². The average molecular weight is 268 g/mol. The second kappa shape index (κ2) is 5.05. The Labute approximate surface area is 107 Å². The Morgan fingerprint density at radius 1 is 1.37 bits per heavy atom. The van der Waals surface area contributed by atoms with Gasteiger partial charge in [0.2, 0.25) is 0 Å². The molecule has 0 saturated heterocycles. The van der Waals surface area contributed by atoms with Crippen LogP contribution in [0.5, 0.6) is 0 Å². The van der Waals surface area contributed by atoms with E-state index in [4.69, 9.17) is 4.42 Å². The van der Waals surface area contributed by atoms with E-state index in [0.717, 1.165) is 0 Å². The normalized spacial score (nSPS) is 12.2. The van der Waals surface area contributed by atoms with Crippen molar-refractivity contribution < 1.29 is 18.1 Å². The minimum absolute atomic E-state index is 0.422. The maximum absolute atomic E-state index is 13.6. The van der Waals surface area contributed by atoms with Crippen molar-refractivity contribution in [1.82, 2.24) is 0 Å². The highest BCUT2D eigenvalue weighted by Crippen LogP contribution is 2.28. The third-order valence-corrected chi connectivity index (χ3v) is 2.57. The van der Waals surface area contributed by atoms with Gasteiger partial charge in [0, 0.05) is 0 Å². The van der Waals surface area contributed by atoms with Crippen LogP contribution < -0.4 is 5.32 Å². The number of rotatable bonds is 4. The first kappa shape index (κ1) is 13.0. The second-order valence-corrected chi connectivity index (χ2v) is 3.92. The fraction of sp³-hybridized carbons (Fsp3) is 0.167. The smallest absolute Gasteiger partial charge is 0.275 e. The Morgan fingerprint density at radius 2 is 2.00 bits per heavy atom. The summed E-state index contributed by atoms with van der Waals surface area (Å²) in [6, 6.07) is 4.16. The van der Waals surface area contributed by atoms with Crippen molar-refractivity contribution in [3.8, 4) is 0 Å². The van der Waals surface area contributed by atoms with Crippen molar-refractivity contribution >= 4 is 11.4 Å². The maximum Gasteiger partial charge on any atom is 0.275 e. The number of nitrogens with zero attached hydrogens (tertiary/aromatic N) is 1. The molecule has 0 aliphatic heterocycles. The largest absolute Gasteiger partial charge is 0.467 e. The lowest BCUT2D eigenvalue weighted by atomic mass is 10.2. The van der Waals surface area contributed by atoms with Crippen molar-refractivity contribution in [1.29, 1.82) is 0 Å². The quantitative estimate of drug-likeness (QED) is 0.679. The molecule has 1 N–H and O–H groups in total. The summed E-state index contributed by atoms with van der Waals surface area (Å²) in [4.78, 5) is 9.61. The molecule has 1 unspecified atom stereocenters. The zero-order valence-corrected chi connectivity index (χ0v) is 9.89. The molecule has 1 aromatic carbocycles. The monoisotopic (exact) mass is 268 g/mol. The SMILES string of the molecule is CC(Nc1c(F)cc([N+](=O)[O-])cc1F)c1ccco1. The summed E-state index contributed by atoms with van der Waals surface area (Å²) >= 11 is 0. The van der Waals surface area contributed by atoms with Crippen LogP contribution in [-0.2, 0) is 0 Å². The molecule has 100 valence electrons.